The van der Waals surface area contributed by atoms with Crippen LogP contribution in [-0.4, -0.2) is 76.3 Å². The molecular weight excluding hydrogens is 482 g/mol. The van der Waals surface area contributed by atoms with Gasteiger partial charge in [0.15, 0.2) is 11.5 Å². The molecule has 1 atom stereocenters. The van der Waals surface area contributed by atoms with Gasteiger partial charge in [0.2, 0.25) is 5.91 Å². The zero-order valence-corrected chi connectivity index (χ0v) is 22.3. The Bertz CT molecular complexity index is 1060. The van der Waals surface area contributed by atoms with E-state index in [4.69, 9.17) is 14.2 Å². The molecule has 4 rings (SSSR count). The number of rotatable bonds is 8. The van der Waals surface area contributed by atoms with Gasteiger partial charge in [-0.3, -0.25) is 4.79 Å². The number of methoxy groups -OCH3 is 2. The van der Waals surface area contributed by atoms with Crippen LogP contribution in [0.4, 0.5) is 4.79 Å². The van der Waals surface area contributed by atoms with Crippen LogP contribution in [0.15, 0.2) is 30.3 Å². The molecule has 0 fully saturated rings. The Morgan fingerprint density at radius 1 is 1.00 bits per heavy atom. The second-order valence-electron chi connectivity index (χ2n) is 9.33. The molecule has 36 heavy (non-hydrogen) atoms. The smallest absolute Gasteiger partial charge is 0.414 e. The average molecular weight is 518 g/mol. The number of fused-ring (bicyclic) bond motifs is 2. The Hall–Kier alpha value is -2.97. The van der Waals surface area contributed by atoms with Crippen LogP contribution in [0.3, 0.4) is 0 Å². The first-order valence-electron chi connectivity index (χ1n) is 12.1. The van der Waals surface area contributed by atoms with Crippen molar-refractivity contribution in [3.8, 4) is 17.2 Å². The van der Waals surface area contributed by atoms with Gasteiger partial charge in [-0.05, 0) is 65.8 Å². The van der Waals surface area contributed by atoms with Gasteiger partial charge in [0.1, 0.15) is 5.75 Å². The van der Waals surface area contributed by atoms with Crippen molar-refractivity contribution in [2.24, 2.45) is 0 Å². The Balaban J connectivity index is 0.00000361. The number of halogens is 1. The number of hydrogen-bond donors (Lipinski definition) is 1. The maximum absolute atomic E-state index is 12.9. The molecule has 1 aliphatic carbocycles. The van der Waals surface area contributed by atoms with E-state index in [-0.39, 0.29) is 24.4 Å². The largest absolute Gasteiger partial charge is 0.493 e. The molecule has 1 aliphatic heterocycles. The van der Waals surface area contributed by atoms with Gasteiger partial charge in [-0.15, -0.1) is 12.4 Å². The minimum atomic E-state index is -0.382. The molecule has 0 radical (unpaired) electrons. The molecule has 2 aromatic rings. The van der Waals surface area contributed by atoms with E-state index >= 15 is 0 Å². The number of carbonyl (C=O) groups excluding carboxylic acids is 2. The summed E-state index contributed by atoms with van der Waals surface area (Å²) in [5.74, 6) is 2.58. The number of hydrogen-bond acceptors (Lipinski definition) is 6. The molecular formula is C27H36ClN3O5. The fourth-order valence-corrected chi connectivity index (χ4v) is 4.75. The first-order chi connectivity index (χ1) is 16.9. The second-order valence-corrected chi connectivity index (χ2v) is 9.33. The summed E-state index contributed by atoms with van der Waals surface area (Å²) in [4.78, 5) is 28.0. The normalized spacial score (nSPS) is 15.9. The first kappa shape index (κ1) is 27.6. The molecule has 0 aromatic heterocycles. The molecule has 2 aromatic carbocycles. The van der Waals surface area contributed by atoms with E-state index in [0.717, 1.165) is 37.3 Å². The van der Waals surface area contributed by atoms with Gasteiger partial charge in [0, 0.05) is 52.6 Å². The topological polar surface area (TPSA) is 80.3 Å². The first-order valence-corrected chi connectivity index (χ1v) is 12.1. The monoisotopic (exact) mass is 517 g/mol. The lowest BCUT2D eigenvalue weighted by Crippen LogP contribution is -2.36. The van der Waals surface area contributed by atoms with Crippen molar-refractivity contribution >= 4 is 24.4 Å². The molecule has 1 N–H and O–H groups in total. The van der Waals surface area contributed by atoms with Gasteiger partial charge in [-0.2, -0.15) is 0 Å². The highest BCUT2D eigenvalue weighted by Crippen LogP contribution is 2.37. The van der Waals surface area contributed by atoms with Crippen molar-refractivity contribution in [2.45, 2.75) is 31.6 Å². The van der Waals surface area contributed by atoms with Crippen LogP contribution in [0.1, 0.15) is 34.6 Å². The van der Waals surface area contributed by atoms with Crippen LogP contribution in [0.5, 0.6) is 17.2 Å². The number of benzene rings is 2. The standard InChI is InChI=1S/C27H35N3O5.ClH/c1-29(2)27(32)35-22-6-5-20-13-21(23(20)16-22)17-28-10-7-26(31)30-11-8-18-14-24(33-3)25(34-4)15-19(18)9-12-30;/h5-6,14-16,21,28H,7-13,17H2,1-4H3;1H. The zero-order chi connectivity index (χ0) is 24.9. The molecule has 0 bridgehead atoms. The van der Waals surface area contributed by atoms with Crippen LogP contribution in [0.25, 0.3) is 0 Å². The molecule has 2 amide bonds. The van der Waals surface area contributed by atoms with Crippen molar-refractivity contribution in [2.75, 3.05) is 54.5 Å². The van der Waals surface area contributed by atoms with E-state index in [2.05, 4.69) is 5.32 Å². The van der Waals surface area contributed by atoms with Crippen molar-refractivity contribution < 1.29 is 23.8 Å². The van der Waals surface area contributed by atoms with E-state index in [1.54, 1.807) is 28.3 Å². The van der Waals surface area contributed by atoms with E-state index in [9.17, 15) is 9.59 Å². The second kappa shape index (κ2) is 12.3. The van der Waals surface area contributed by atoms with E-state index in [0.29, 0.717) is 37.7 Å². The van der Waals surface area contributed by atoms with Crippen molar-refractivity contribution in [1.82, 2.24) is 15.1 Å². The van der Waals surface area contributed by atoms with Crippen molar-refractivity contribution in [1.29, 1.82) is 0 Å². The van der Waals surface area contributed by atoms with Gasteiger partial charge in [0.05, 0.1) is 14.2 Å². The Morgan fingerprint density at radius 3 is 2.22 bits per heavy atom. The highest BCUT2D eigenvalue weighted by molar-refractivity contribution is 5.85. The molecule has 8 nitrogen and oxygen atoms in total. The number of ether oxygens (including phenoxy) is 3. The third-order valence-electron chi connectivity index (χ3n) is 6.86. The van der Waals surface area contributed by atoms with Crippen LogP contribution < -0.4 is 19.5 Å². The number of nitrogens with zero attached hydrogens (tertiary/aromatic N) is 2. The fraction of sp³-hybridized carbons (Fsp3) is 0.481. The van der Waals surface area contributed by atoms with Gasteiger partial charge >= 0.3 is 6.09 Å². The Morgan fingerprint density at radius 2 is 1.64 bits per heavy atom. The van der Waals surface area contributed by atoms with Crippen molar-refractivity contribution in [3.63, 3.8) is 0 Å². The summed E-state index contributed by atoms with van der Waals surface area (Å²) in [6.45, 7) is 2.87. The third kappa shape index (κ3) is 6.23. The highest BCUT2D eigenvalue weighted by Gasteiger charge is 2.27. The Kier molecular flexibility index (Phi) is 9.45. The molecule has 2 aliphatic rings. The summed E-state index contributed by atoms with van der Waals surface area (Å²) in [6, 6.07) is 9.89. The molecule has 9 heteroatoms. The van der Waals surface area contributed by atoms with E-state index in [1.807, 2.05) is 35.2 Å². The third-order valence-corrected chi connectivity index (χ3v) is 6.86. The molecule has 0 spiro atoms. The van der Waals surface area contributed by atoms with Crippen LogP contribution in [0.2, 0.25) is 0 Å². The van der Waals surface area contributed by atoms with Gasteiger partial charge in [-0.1, -0.05) is 6.07 Å². The number of carbonyl (C=O) groups is 2. The summed E-state index contributed by atoms with van der Waals surface area (Å²) in [6.07, 6.45) is 2.72. The highest BCUT2D eigenvalue weighted by atomic mass is 35.5. The summed E-state index contributed by atoms with van der Waals surface area (Å²) < 4.78 is 16.2. The van der Waals surface area contributed by atoms with E-state index < -0.39 is 0 Å². The molecule has 196 valence electrons. The number of amides is 2. The maximum Gasteiger partial charge on any atom is 0.414 e. The van der Waals surface area contributed by atoms with Crippen LogP contribution in [0, 0.1) is 0 Å². The lowest BCUT2D eigenvalue weighted by atomic mass is 9.77. The van der Waals surface area contributed by atoms with Crippen LogP contribution >= 0.6 is 12.4 Å². The van der Waals surface area contributed by atoms with Crippen molar-refractivity contribution in [3.05, 3.63) is 52.6 Å². The van der Waals surface area contributed by atoms with Gasteiger partial charge in [-0.25, -0.2) is 4.79 Å². The SMILES string of the molecule is COc1cc2c(cc1OC)CCN(C(=O)CCNCC1Cc3ccc(OC(=O)N(C)C)cc31)CC2.Cl. The average Bonchev–Trinajstić information content (AvgIpc) is 3.06. The Labute approximate surface area is 219 Å². The summed E-state index contributed by atoms with van der Waals surface area (Å²) in [5.41, 5.74) is 4.93. The predicted octanol–water partition coefficient (Wildman–Crippen LogP) is 3.43. The minimum Gasteiger partial charge on any atom is -0.493 e. The summed E-state index contributed by atoms with van der Waals surface area (Å²) >= 11 is 0. The van der Waals surface area contributed by atoms with E-state index in [1.165, 1.54) is 27.2 Å². The zero-order valence-electron chi connectivity index (χ0n) is 21.5. The van der Waals surface area contributed by atoms with Gasteiger partial charge in [0.25, 0.3) is 0 Å². The molecule has 0 saturated carbocycles. The predicted molar refractivity (Wildman–Crippen MR) is 141 cm³/mol. The fourth-order valence-electron chi connectivity index (χ4n) is 4.75. The lowest BCUT2D eigenvalue weighted by Gasteiger charge is -2.31. The minimum absolute atomic E-state index is 0. The summed E-state index contributed by atoms with van der Waals surface area (Å²) in [7, 11) is 6.61. The van der Waals surface area contributed by atoms with Gasteiger partial charge < -0.3 is 29.3 Å². The quantitative estimate of drug-likeness (QED) is 0.540. The lowest BCUT2D eigenvalue weighted by molar-refractivity contribution is -0.131. The van der Waals surface area contributed by atoms with Crippen LogP contribution in [-0.2, 0) is 24.1 Å². The number of nitrogens with one attached hydrogen (secondary N) is 1. The molecule has 0 saturated heterocycles. The maximum atomic E-state index is 12.9. The molecule has 1 heterocycles. The summed E-state index contributed by atoms with van der Waals surface area (Å²) in [5, 5.41) is 3.44. The molecule has 1 unspecified atom stereocenters.